The lowest BCUT2D eigenvalue weighted by Crippen LogP contribution is -2.24. The zero-order chi connectivity index (χ0) is 15.4. The highest BCUT2D eigenvalue weighted by Gasteiger charge is 2.21. The van der Waals surface area contributed by atoms with Crippen molar-refractivity contribution in [3.8, 4) is 0 Å². The SMILES string of the molecule is CCOCCOCC(=O)C[C@@H](CCC(=O)NC)C(=O)O. The summed E-state index contributed by atoms with van der Waals surface area (Å²) < 4.78 is 10.1. The van der Waals surface area contributed by atoms with E-state index in [9.17, 15) is 14.4 Å². The number of hydrogen-bond donors (Lipinski definition) is 2. The van der Waals surface area contributed by atoms with E-state index in [4.69, 9.17) is 14.6 Å². The molecule has 0 saturated heterocycles. The summed E-state index contributed by atoms with van der Waals surface area (Å²) in [7, 11) is 1.48. The number of ketones is 1. The normalized spacial score (nSPS) is 11.9. The molecule has 7 nitrogen and oxygen atoms in total. The van der Waals surface area contributed by atoms with E-state index in [2.05, 4.69) is 5.32 Å². The van der Waals surface area contributed by atoms with Gasteiger partial charge in [0.05, 0.1) is 19.1 Å². The van der Waals surface area contributed by atoms with Crippen LogP contribution in [0.2, 0.25) is 0 Å². The van der Waals surface area contributed by atoms with Gasteiger partial charge in [0.1, 0.15) is 6.61 Å². The molecule has 0 aromatic heterocycles. The molecular weight excluding hydrogens is 266 g/mol. The summed E-state index contributed by atoms with van der Waals surface area (Å²) in [6.07, 6.45) is 0.104. The number of carbonyl (C=O) groups excluding carboxylic acids is 2. The molecule has 0 radical (unpaired) electrons. The molecule has 0 heterocycles. The summed E-state index contributed by atoms with van der Waals surface area (Å²) >= 11 is 0. The van der Waals surface area contributed by atoms with Gasteiger partial charge in [-0.25, -0.2) is 0 Å². The quantitative estimate of drug-likeness (QED) is 0.498. The minimum Gasteiger partial charge on any atom is -0.481 e. The van der Waals surface area contributed by atoms with Crippen molar-refractivity contribution in [2.24, 2.45) is 5.92 Å². The molecule has 0 unspecified atom stereocenters. The molecule has 0 spiro atoms. The molecule has 20 heavy (non-hydrogen) atoms. The Morgan fingerprint density at radius 2 is 1.85 bits per heavy atom. The lowest BCUT2D eigenvalue weighted by Gasteiger charge is -2.11. The molecule has 0 aliphatic rings. The topological polar surface area (TPSA) is 102 Å². The Bertz CT molecular complexity index is 318. The van der Waals surface area contributed by atoms with Gasteiger partial charge in [0, 0.05) is 26.5 Å². The van der Waals surface area contributed by atoms with Gasteiger partial charge in [-0.3, -0.25) is 14.4 Å². The van der Waals surface area contributed by atoms with Crippen LogP contribution in [0.15, 0.2) is 0 Å². The highest BCUT2D eigenvalue weighted by molar-refractivity contribution is 5.85. The molecule has 0 aromatic carbocycles. The molecule has 2 N–H and O–H groups in total. The smallest absolute Gasteiger partial charge is 0.306 e. The number of nitrogens with one attached hydrogen (secondary N) is 1. The molecular formula is C13H23NO6. The first-order chi connectivity index (χ1) is 9.51. The monoisotopic (exact) mass is 289 g/mol. The van der Waals surface area contributed by atoms with Crippen LogP contribution < -0.4 is 5.32 Å². The number of carboxylic acid groups (broad SMARTS) is 1. The van der Waals surface area contributed by atoms with Gasteiger partial charge in [0.2, 0.25) is 5.91 Å². The maximum Gasteiger partial charge on any atom is 0.306 e. The van der Waals surface area contributed by atoms with Gasteiger partial charge in [0.15, 0.2) is 5.78 Å². The lowest BCUT2D eigenvalue weighted by atomic mass is 9.97. The highest BCUT2D eigenvalue weighted by atomic mass is 16.5. The van der Waals surface area contributed by atoms with Gasteiger partial charge in [-0.1, -0.05) is 0 Å². The van der Waals surface area contributed by atoms with Crippen molar-refractivity contribution in [3.63, 3.8) is 0 Å². The third-order valence-electron chi connectivity index (χ3n) is 2.66. The number of hydrogen-bond acceptors (Lipinski definition) is 5. The summed E-state index contributed by atoms with van der Waals surface area (Å²) in [5.41, 5.74) is 0. The van der Waals surface area contributed by atoms with Gasteiger partial charge < -0.3 is 19.9 Å². The molecule has 7 heteroatoms. The number of amides is 1. The molecule has 0 rings (SSSR count). The number of rotatable bonds is 12. The second kappa shape index (κ2) is 11.4. The first-order valence-corrected chi connectivity index (χ1v) is 6.61. The average molecular weight is 289 g/mol. The van der Waals surface area contributed by atoms with E-state index < -0.39 is 11.9 Å². The number of Topliss-reactive ketones (excluding diaryl/α,β-unsaturated/α-hetero) is 1. The zero-order valence-corrected chi connectivity index (χ0v) is 12.0. The second-order valence-corrected chi connectivity index (χ2v) is 4.24. The Hall–Kier alpha value is -1.47. The van der Waals surface area contributed by atoms with Crippen LogP contribution in [0, 0.1) is 5.92 Å². The van der Waals surface area contributed by atoms with Crippen LogP contribution in [0.1, 0.15) is 26.2 Å². The zero-order valence-electron chi connectivity index (χ0n) is 12.0. The summed E-state index contributed by atoms with van der Waals surface area (Å²) in [4.78, 5) is 33.7. The molecule has 0 fully saturated rings. The van der Waals surface area contributed by atoms with Gasteiger partial charge in [0.25, 0.3) is 0 Å². The molecule has 0 aliphatic heterocycles. The van der Waals surface area contributed by atoms with Crippen molar-refractivity contribution < 1.29 is 29.0 Å². The lowest BCUT2D eigenvalue weighted by molar-refractivity contribution is -0.144. The first kappa shape index (κ1) is 18.5. The summed E-state index contributed by atoms with van der Waals surface area (Å²) in [5.74, 6) is -2.45. The Morgan fingerprint density at radius 1 is 1.20 bits per heavy atom. The first-order valence-electron chi connectivity index (χ1n) is 6.61. The molecule has 0 saturated carbocycles. The van der Waals surface area contributed by atoms with Gasteiger partial charge >= 0.3 is 5.97 Å². The minimum atomic E-state index is -1.07. The second-order valence-electron chi connectivity index (χ2n) is 4.24. The fourth-order valence-corrected chi connectivity index (χ4v) is 1.53. The van der Waals surface area contributed by atoms with Crippen LogP contribution in [-0.2, 0) is 23.9 Å². The average Bonchev–Trinajstić information content (AvgIpc) is 2.42. The summed E-state index contributed by atoms with van der Waals surface area (Å²) in [5, 5.41) is 11.4. The van der Waals surface area contributed by atoms with Crippen molar-refractivity contribution >= 4 is 17.7 Å². The molecule has 116 valence electrons. The van der Waals surface area contributed by atoms with Crippen LogP contribution in [-0.4, -0.2) is 56.2 Å². The van der Waals surface area contributed by atoms with Crippen molar-refractivity contribution in [3.05, 3.63) is 0 Å². The van der Waals surface area contributed by atoms with E-state index in [0.29, 0.717) is 19.8 Å². The van der Waals surface area contributed by atoms with E-state index in [0.717, 1.165) is 0 Å². The van der Waals surface area contributed by atoms with Crippen molar-refractivity contribution in [1.29, 1.82) is 0 Å². The largest absolute Gasteiger partial charge is 0.481 e. The summed E-state index contributed by atoms with van der Waals surface area (Å²) in [6.45, 7) is 3.02. The molecule has 1 atom stereocenters. The van der Waals surface area contributed by atoms with Gasteiger partial charge in [-0.05, 0) is 13.3 Å². The molecule has 1 amide bonds. The van der Waals surface area contributed by atoms with Crippen LogP contribution in [0.5, 0.6) is 0 Å². The van der Waals surface area contributed by atoms with Gasteiger partial charge in [-0.15, -0.1) is 0 Å². The van der Waals surface area contributed by atoms with Crippen LogP contribution in [0.4, 0.5) is 0 Å². The van der Waals surface area contributed by atoms with E-state index >= 15 is 0 Å². The van der Waals surface area contributed by atoms with E-state index in [1.165, 1.54) is 7.05 Å². The molecule has 0 aromatic rings. The van der Waals surface area contributed by atoms with E-state index in [1.54, 1.807) is 0 Å². The van der Waals surface area contributed by atoms with Crippen molar-refractivity contribution in [1.82, 2.24) is 5.32 Å². The van der Waals surface area contributed by atoms with E-state index in [-0.39, 0.29) is 37.6 Å². The Kier molecular flexibility index (Phi) is 10.5. The Balaban J connectivity index is 3.96. The number of ether oxygens (including phenoxy) is 2. The minimum absolute atomic E-state index is 0.0892. The van der Waals surface area contributed by atoms with E-state index in [1.807, 2.05) is 6.92 Å². The molecule has 0 aliphatic carbocycles. The number of aliphatic carboxylic acids is 1. The highest BCUT2D eigenvalue weighted by Crippen LogP contribution is 2.12. The Morgan fingerprint density at radius 3 is 2.40 bits per heavy atom. The molecule has 0 bridgehead atoms. The fraction of sp³-hybridized carbons (Fsp3) is 0.769. The maximum atomic E-state index is 11.6. The van der Waals surface area contributed by atoms with Crippen LogP contribution in [0.3, 0.4) is 0 Å². The number of carbonyl (C=O) groups is 3. The van der Waals surface area contributed by atoms with Crippen molar-refractivity contribution in [2.45, 2.75) is 26.2 Å². The fourth-order valence-electron chi connectivity index (χ4n) is 1.53. The standard InChI is InChI=1S/C13H23NO6/c1-3-19-6-7-20-9-11(15)8-10(13(17)18)4-5-12(16)14-2/h10H,3-9H2,1-2H3,(H,14,16)(H,17,18)/t10-/m1/s1. The summed E-state index contributed by atoms with van der Waals surface area (Å²) in [6, 6.07) is 0. The predicted octanol–water partition coefficient (Wildman–Crippen LogP) is 0.226. The third kappa shape index (κ3) is 9.46. The maximum absolute atomic E-state index is 11.6. The van der Waals surface area contributed by atoms with Crippen LogP contribution >= 0.6 is 0 Å². The van der Waals surface area contributed by atoms with Crippen LogP contribution in [0.25, 0.3) is 0 Å². The van der Waals surface area contributed by atoms with Crippen molar-refractivity contribution in [2.75, 3.05) is 33.5 Å². The number of carboxylic acids is 1. The van der Waals surface area contributed by atoms with Gasteiger partial charge in [-0.2, -0.15) is 0 Å². The third-order valence-corrected chi connectivity index (χ3v) is 2.66. The predicted molar refractivity (Wildman–Crippen MR) is 71.4 cm³/mol. The Labute approximate surface area is 118 Å².